The molecule has 0 aliphatic carbocycles. The van der Waals surface area contributed by atoms with Crippen LogP contribution in [0, 0.1) is 6.92 Å². The Bertz CT molecular complexity index is 921. The summed E-state index contributed by atoms with van der Waals surface area (Å²) < 4.78 is 46.0. The Morgan fingerprint density at radius 2 is 1.96 bits per heavy atom. The van der Waals surface area contributed by atoms with E-state index < -0.39 is 11.7 Å². The number of halogens is 3. The summed E-state index contributed by atoms with van der Waals surface area (Å²) in [6, 6.07) is 10.3. The first-order valence-electron chi connectivity index (χ1n) is 8.47. The number of anilines is 2. The molecule has 2 heterocycles. The van der Waals surface area contributed by atoms with Crippen molar-refractivity contribution in [1.82, 2.24) is 14.8 Å². The largest absolute Gasteiger partial charge is 0.478 e. The molecule has 142 valence electrons. The molecule has 0 aliphatic heterocycles. The lowest BCUT2D eigenvalue weighted by Crippen LogP contribution is -2.05. The van der Waals surface area contributed by atoms with E-state index in [0.29, 0.717) is 24.0 Å². The highest BCUT2D eigenvalue weighted by Crippen LogP contribution is 2.32. The van der Waals surface area contributed by atoms with Gasteiger partial charge < -0.3 is 10.1 Å². The normalized spacial score (nSPS) is 11.4. The first-order chi connectivity index (χ1) is 12.9. The Hall–Kier alpha value is -3.03. The molecule has 0 atom stereocenters. The standard InChI is InChI=1S/C19H19F3N4O/c1-3-9-27-18-12-17(25-26(18)16-7-8-23-13(2)10-16)24-15-6-4-5-14(11-15)19(20,21)22/h4-8,10-12H,3,9H2,1-2H3,(H,24,25). The first kappa shape index (κ1) is 18.8. The van der Waals surface area contributed by atoms with Crippen LogP contribution in [-0.4, -0.2) is 21.4 Å². The lowest BCUT2D eigenvalue weighted by atomic mass is 10.2. The number of nitrogens with zero attached hydrogens (tertiary/aromatic N) is 3. The molecule has 0 saturated carbocycles. The number of ether oxygens (including phenoxy) is 1. The fourth-order valence-corrected chi connectivity index (χ4v) is 2.50. The monoisotopic (exact) mass is 376 g/mol. The van der Waals surface area contributed by atoms with Crippen LogP contribution in [0.25, 0.3) is 5.69 Å². The summed E-state index contributed by atoms with van der Waals surface area (Å²) in [6.07, 6.45) is -1.92. The molecule has 0 fully saturated rings. The summed E-state index contributed by atoms with van der Waals surface area (Å²) >= 11 is 0. The number of pyridine rings is 1. The van der Waals surface area contributed by atoms with Crippen molar-refractivity contribution in [2.24, 2.45) is 0 Å². The molecule has 0 radical (unpaired) electrons. The van der Waals surface area contributed by atoms with Gasteiger partial charge in [-0.25, -0.2) is 0 Å². The molecule has 0 unspecified atom stereocenters. The van der Waals surface area contributed by atoms with Crippen LogP contribution in [0.4, 0.5) is 24.7 Å². The number of benzene rings is 1. The third-order valence-corrected chi connectivity index (χ3v) is 3.72. The zero-order valence-electron chi connectivity index (χ0n) is 14.9. The topological polar surface area (TPSA) is 52.0 Å². The van der Waals surface area contributed by atoms with E-state index in [4.69, 9.17) is 4.74 Å². The Morgan fingerprint density at radius 1 is 1.15 bits per heavy atom. The van der Waals surface area contributed by atoms with Gasteiger partial charge in [0, 0.05) is 23.6 Å². The lowest BCUT2D eigenvalue weighted by Gasteiger charge is -2.09. The van der Waals surface area contributed by atoms with Gasteiger partial charge >= 0.3 is 6.18 Å². The molecule has 0 bridgehead atoms. The molecule has 0 saturated heterocycles. The average Bonchev–Trinajstić information content (AvgIpc) is 3.02. The van der Waals surface area contributed by atoms with E-state index >= 15 is 0 Å². The van der Waals surface area contributed by atoms with E-state index in [1.165, 1.54) is 6.07 Å². The van der Waals surface area contributed by atoms with Gasteiger partial charge in [0.25, 0.3) is 0 Å². The molecule has 2 aromatic heterocycles. The van der Waals surface area contributed by atoms with Gasteiger partial charge in [0.05, 0.1) is 17.9 Å². The van der Waals surface area contributed by atoms with Crippen LogP contribution in [0.2, 0.25) is 0 Å². The predicted molar refractivity (Wildman–Crippen MR) is 96.6 cm³/mol. The van der Waals surface area contributed by atoms with E-state index in [0.717, 1.165) is 29.9 Å². The molecule has 5 nitrogen and oxygen atoms in total. The van der Waals surface area contributed by atoms with Crippen molar-refractivity contribution in [2.45, 2.75) is 26.4 Å². The summed E-state index contributed by atoms with van der Waals surface area (Å²) in [5.41, 5.74) is 1.14. The van der Waals surface area contributed by atoms with Gasteiger partial charge in [0.2, 0.25) is 5.88 Å². The Balaban J connectivity index is 1.92. The van der Waals surface area contributed by atoms with Crippen molar-refractivity contribution in [3.8, 4) is 11.6 Å². The molecule has 1 N–H and O–H groups in total. The molecule has 1 aromatic carbocycles. The molecule has 0 amide bonds. The highest BCUT2D eigenvalue weighted by Gasteiger charge is 2.30. The summed E-state index contributed by atoms with van der Waals surface area (Å²) in [4.78, 5) is 4.16. The van der Waals surface area contributed by atoms with Gasteiger partial charge in [-0.1, -0.05) is 13.0 Å². The number of rotatable bonds is 6. The molecular weight excluding hydrogens is 357 g/mol. The van der Waals surface area contributed by atoms with E-state index in [2.05, 4.69) is 15.4 Å². The van der Waals surface area contributed by atoms with E-state index in [1.54, 1.807) is 29.1 Å². The van der Waals surface area contributed by atoms with E-state index in [1.807, 2.05) is 19.9 Å². The van der Waals surface area contributed by atoms with Crippen LogP contribution in [0.15, 0.2) is 48.7 Å². The number of aromatic nitrogens is 3. The fraction of sp³-hybridized carbons (Fsp3) is 0.263. The van der Waals surface area contributed by atoms with Crippen LogP contribution in [-0.2, 0) is 6.18 Å². The third kappa shape index (κ3) is 4.58. The van der Waals surface area contributed by atoms with Crippen molar-refractivity contribution in [2.75, 3.05) is 11.9 Å². The van der Waals surface area contributed by atoms with Crippen LogP contribution in [0.5, 0.6) is 5.88 Å². The number of aryl methyl sites for hydroxylation is 1. The third-order valence-electron chi connectivity index (χ3n) is 3.72. The van der Waals surface area contributed by atoms with Crippen LogP contribution in [0.1, 0.15) is 24.6 Å². The fourth-order valence-electron chi connectivity index (χ4n) is 2.50. The van der Waals surface area contributed by atoms with Crippen molar-refractivity contribution < 1.29 is 17.9 Å². The number of nitrogens with one attached hydrogen (secondary N) is 1. The van der Waals surface area contributed by atoms with Gasteiger partial charge in [-0.15, -0.1) is 5.10 Å². The lowest BCUT2D eigenvalue weighted by molar-refractivity contribution is -0.137. The maximum Gasteiger partial charge on any atom is 0.416 e. The molecule has 0 spiro atoms. The van der Waals surface area contributed by atoms with Gasteiger partial charge in [0.15, 0.2) is 5.82 Å². The number of hydrogen-bond donors (Lipinski definition) is 1. The molecule has 3 aromatic rings. The van der Waals surface area contributed by atoms with Gasteiger partial charge in [-0.3, -0.25) is 4.98 Å². The second-order valence-corrected chi connectivity index (χ2v) is 5.99. The maximum absolute atomic E-state index is 12.9. The molecule has 8 heteroatoms. The summed E-state index contributed by atoms with van der Waals surface area (Å²) in [5, 5.41) is 7.34. The summed E-state index contributed by atoms with van der Waals surface area (Å²) in [7, 11) is 0. The van der Waals surface area contributed by atoms with Crippen molar-refractivity contribution >= 4 is 11.5 Å². The maximum atomic E-state index is 12.9. The smallest absolute Gasteiger partial charge is 0.416 e. The van der Waals surface area contributed by atoms with Crippen molar-refractivity contribution in [3.05, 3.63) is 59.9 Å². The average molecular weight is 376 g/mol. The SMILES string of the molecule is CCCOc1cc(Nc2cccc(C(F)(F)F)c2)nn1-c1ccnc(C)c1. The minimum atomic E-state index is -4.40. The number of alkyl halides is 3. The Morgan fingerprint density at radius 3 is 2.67 bits per heavy atom. The van der Waals surface area contributed by atoms with Gasteiger partial charge in [-0.05, 0) is 43.7 Å². The quantitative estimate of drug-likeness (QED) is 0.648. The molecule has 27 heavy (non-hydrogen) atoms. The van der Waals surface area contributed by atoms with Crippen LogP contribution >= 0.6 is 0 Å². The molecule has 0 aliphatic rings. The molecular formula is C19H19F3N4O. The van der Waals surface area contributed by atoms with Gasteiger partial charge in [0.1, 0.15) is 0 Å². The highest BCUT2D eigenvalue weighted by atomic mass is 19.4. The van der Waals surface area contributed by atoms with Crippen molar-refractivity contribution in [1.29, 1.82) is 0 Å². The first-order valence-corrected chi connectivity index (χ1v) is 8.47. The van der Waals surface area contributed by atoms with E-state index in [9.17, 15) is 13.2 Å². The van der Waals surface area contributed by atoms with Crippen LogP contribution < -0.4 is 10.1 Å². The Labute approximate surface area is 154 Å². The zero-order valence-corrected chi connectivity index (χ0v) is 14.9. The second kappa shape index (κ2) is 7.69. The number of hydrogen-bond acceptors (Lipinski definition) is 4. The van der Waals surface area contributed by atoms with Gasteiger partial charge in [-0.2, -0.15) is 17.9 Å². The van der Waals surface area contributed by atoms with E-state index in [-0.39, 0.29) is 0 Å². The zero-order chi connectivity index (χ0) is 19.4. The van der Waals surface area contributed by atoms with Crippen LogP contribution in [0.3, 0.4) is 0 Å². The Kier molecular flexibility index (Phi) is 5.34. The minimum Gasteiger partial charge on any atom is -0.478 e. The second-order valence-electron chi connectivity index (χ2n) is 5.99. The predicted octanol–water partition coefficient (Wildman–Crippen LogP) is 5.13. The summed E-state index contributed by atoms with van der Waals surface area (Å²) in [5.74, 6) is 0.881. The van der Waals surface area contributed by atoms with Crippen molar-refractivity contribution in [3.63, 3.8) is 0 Å². The summed E-state index contributed by atoms with van der Waals surface area (Å²) in [6.45, 7) is 4.35. The highest BCUT2D eigenvalue weighted by molar-refractivity contribution is 5.59. The molecule has 3 rings (SSSR count). The minimum absolute atomic E-state index is 0.294.